The Balaban J connectivity index is 1.11. The predicted octanol–water partition coefficient (Wildman–Crippen LogP) is 7.17. The van der Waals surface area contributed by atoms with Crippen LogP contribution in [0.3, 0.4) is 0 Å². The summed E-state index contributed by atoms with van der Waals surface area (Å²) >= 11 is 0. The molecule has 1 aromatic rings. The number of carbonyl (C=O) groups excluding carboxylic acids is 2. The number of nitrogens with zero attached hydrogens (tertiary/aromatic N) is 4. The number of ketones is 2. The summed E-state index contributed by atoms with van der Waals surface area (Å²) in [6.45, 7) is 25.8. The molecule has 3 fully saturated rings. The van der Waals surface area contributed by atoms with Crippen LogP contribution in [0, 0.1) is 45.3 Å². The fourth-order valence-corrected chi connectivity index (χ4v) is 9.50. The quantitative estimate of drug-likeness (QED) is 0.285. The van der Waals surface area contributed by atoms with Gasteiger partial charge in [-0.3, -0.25) is 14.5 Å². The zero-order valence-corrected chi connectivity index (χ0v) is 31.1. The van der Waals surface area contributed by atoms with E-state index < -0.39 is 0 Å². The van der Waals surface area contributed by atoms with Gasteiger partial charge in [0.15, 0.2) is 11.6 Å². The lowest BCUT2D eigenvalue weighted by Gasteiger charge is -2.52. The maximum Gasteiger partial charge on any atom is 0.226 e. The highest BCUT2D eigenvalue weighted by Gasteiger charge is 2.59. The van der Waals surface area contributed by atoms with Gasteiger partial charge in [0.05, 0.1) is 6.54 Å². The van der Waals surface area contributed by atoms with Crippen molar-refractivity contribution in [2.45, 2.75) is 88.0 Å². The number of hydrogen-bond acceptors (Lipinski definition) is 8. The lowest BCUT2D eigenvalue weighted by atomic mass is 9.52. The van der Waals surface area contributed by atoms with Gasteiger partial charge in [-0.15, -0.1) is 0 Å². The van der Waals surface area contributed by atoms with Crippen LogP contribution in [-0.4, -0.2) is 72.2 Å². The van der Waals surface area contributed by atoms with Gasteiger partial charge in [-0.1, -0.05) is 78.7 Å². The summed E-state index contributed by atoms with van der Waals surface area (Å²) in [6.07, 6.45) is 12.4. The molecule has 0 spiro atoms. The molecule has 1 unspecified atom stereocenters. The molecule has 0 amide bonds. The monoisotopic (exact) mass is 656 g/mol. The lowest BCUT2D eigenvalue weighted by molar-refractivity contribution is -0.129. The molecular weight excluding hydrogens is 596 g/mol. The van der Waals surface area contributed by atoms with Gasteiger partial charge >= 0.3 is 0 Å². The van der Waals surface area contributed by atoms with E-state index in [1.165, 1.54) is 11.1 Å². The second-order valence-corrected chi connectivity index (χ2v) is 18.4. The number of nitrogens with one attached hydrogen (secondary N) is 2. The molecule has 4 aliphatic carbocycles. The molecule has 48 heavy (non-hydrogen) atoms. The Bertz CT molecular complexity index is 1470. The van der Waals surface area contributed by atoms with Crippen molar-refractivity contribution in [1.29, 1.82) is 0 Å². The molecule has 262 valence electrons. The Labute approximate surface area is 289 Å². The minimum atomic E-state index is -0.139. The molecule has 0 radical (unpaired) electrons. The number of fused-ring (bicyclic) bond motifs is 5. The summed E-state index contributed by atoms with van der Waals surface area (Å²) in [7, 11) is 0. The zero-order chi connectivity index (χ0) is 34.6. The van der Waals surface area contributed by atoms with Crippen LogP contribution in [-0.2, 0) is 9.59 Å². The molecule has 6 atom stereocenters. The maximum absolute atomic E-state index is 14.2. The van der Waals surface area contributed by atoms with Crippen LogP contribution >= 0.6 is 0 Å². The van der Waals surface area contributed by atoms with Crippen LogP contribution in [0.2, 0.25) is 0 Å². The van der Waals surface area contributed by atoms with Crippen molar-refractivity contribution in [3.05, 3.63) is 41.5 Å². The molecule has 1 aromatic heterocycles. The highest BCUT2D eigenvalue weighted by molar-refractivity contribution is 6.01. The molecule has 2 N–H and O–H groups in total. The highest BCUT2D eigenvalue weighted by atomic mass is 16.1. The van der Waals surface area contributed by atoms with E-state index in [1.54, 1.807) is 6.08 Å². The van der Waals surface area contributed by atoms with Gasteiger partial charge in [0.1, 0.15) is 11.6 Å². The molecule has 1 aliphatic heterocycles. The zero-order valence-electron chi connectivity index (χ0n) is 31.1. The number of carbonyl (C=O) groups is 2. The van der Waals surface area contributed by atoms with Crippen molar-refractivity contribution < 1.29 is 9.59 Å². The van der Waals surface area contributed by atoms with Gasteiger partial charge in [-0.2, -0.15) is 9.97 Å². The standard InChI is InChI=1S/C40H60N6O2/c1-26-20-31-29-11-10-27-21-28(47)12-14-39(27,8)30(29)13-15-40(31,9)35(26)32(48)23-45-16-18-46(19-17-45)34-22-33(41-24-37(2,3)4)43-36(44-34)42-25-38(5,6)7/h12-14,21-22,26,29,31,35H,10-11,15-20,23-25H2,1-9H3,(H2,41,42,43,44)/t26?,29-,31+,35-,39+,40+/m1/s1. The number of aromatic nitrogens is 2. The third-order valence-electron chi connectivity index (χ3n) is 12.0. The van der Waals surface area contributed by atoms with Crippen LogP contribution in [0.4, 0.5) is 17.6 Å². The second-order valence-electron chi connectivity index (χ2n) is 18.4. The van der Waals surface area contributed by atoms with E-state index in [0.717, 1.165) is 76.6 Å². The Morgan fingerprint density at radius 3 is 2.38 bits per heavy atom. The maximum atomic E-state index is 14.2. The van der Waals surface area contributed by atoms with Gasteiger partial charge in [0, 0.05) is 56.7 Å². The van der Waals surface area contributed by atoms with Gasteiger partial charge in [-0.25, -0.2) is 0 Å². The van der Waals surface area contributed by atoms with E-state index in [2.05, 4.69) is 101 Å². The van der Waals surface area contributed by atoms with Crippen LogP contribution in [0.1, 0.15) is 88.0 Å². The third-order valence-corrected chi connectivity index (χ3v) is 12.0. The van der Waals surface area contributed by atoms with E-state index in [1.807, 2.05) is 6.08 Å². The summed E-state index contributed by atoms with van der Waals surface area (Å²) in [6, 6.07) is 2.08. The van der Waals surface area contributed by atoms with Gasteiger partial charge in [0.2, 0.25) is 5.95 Å². The van der Waals surface area contributed by atoms with Gasteiger partial charge < -0.3 is 15.5 Å². The van der Waals surface area contributed by atoms with E-state index in [4.69, 9.17) is 9.97 Å². The number of anilines is 3. The molecule has 8 heteroatoms. The normalized spacial score (nSPS) is 32.2. The van der Waals surface area contributed by atoms with Crippen LogP contribution in [0.15, 0.2) is 41.5 Å². The molecule has 1 saturated heterocycles. The number of rotatable bonds is 8. The van der Waals surface area contributed by atoms with Crippen molar-refractivity contribution in [1.82, 2.24) is 14.9 Å². The van der Waals surface area contributed by atoms with Crippen LogP contribution in [0.25, 0.3) is 0 Å². The van der Waals surface area contributed by atoms with Crippen molar-refractivity contribution in [2.24, 2.45) is 45.3 Å². The van der Waals surface area contributed by atoms with E-state index in [9.17, 15) is 9.59 Å². The Hall–Kier alpha value is -3.00. The molecule has 2 heterocycles. The molecule has 5 aliphatic rings. The first-order chi connectivity index (χ1) is 22.4. The molecule has 6 rings (SSSR count). The predicted molar refractivity (Wildman–Crippen MR) is 196 cm³/mol. The largest absolute Gasteiger partial charge is 0.369 e. The summed E-state index contributed by atoms with van der Waals surface area (Å²) in [5.74, 6) is 4.46. The SMILES string of the molecule is CC1C[C@H]2[C@@H]3CCC4=CC(=O)C=C[C@]4(C)C3=CC[C@]2(C)[C@H]1C(=O)CN1CCN(c2cc(NCC(C)(C)C)nc(NCC(C)(C)C)n2)CC1. The molecule has 8 nitrogen and oxygen atoms in total. The minimum Gasteiger partial charge on any atom is -0.369 e. The molecule has 0 aromatic carbocycles. The van der Waals surface area contributed by atoms with Crippen molar-refractivity contribution >= 4 is 29.2 Å². The summed E-state index contributed by atoms with van der Waals surface area (Å²) in [5, 5.41) is 7.00. The van der Waals surface area contributed by atoms with Gasteiger partial charge in [-0.05, 0) is 78.8 Å². The number of allylic oxidation sites excluding steroid dienone is 6. The average Bonchev–Trinajstić information content (AvgIpc) is 3.29. The van der Waals surface area contributed by atoms with E-state index in [-0.39, 0.29) is 33.4 Å². The third kappa shape index (κ3) is 7.01. The van der Waals surface area contributed by atoms with Crippen molar-refractivity contribution in [3.63, 3.8) is 0 Å². The van der Waals surface area contributed by atoms with Crippen molar-refractivity contribution in [3.8, 4) is 0 Å². The highest BCUT2D eigenvalue weighted by Crippen LogP contribution is 2.65. The summed E-state index contributed by atoms with van der Waals surface area (Å²) in [5.41, 5.74) is 2.88. The topological polar surface area (TPSA) is 90.5 Å². The molecular formula is C40H60N6O2. The molecule has 2 saturated carbocycles. The first-order valence-electron chi connectivity index (χ1n) is 18.5. The van der Waals surface area contributed by atoms with Gasteiger partial charge in [0.25, 0.3) is 0 Å². The fraction of sp³-hybridized carbons (Fsp3) is 0.700. The molecule has 0 bridgehead atoms. The second kappa shape index (κ2) is 12.7. The fourth-order valence-electron chi connectivity index (χ4n) is 9.50. The Kier molecular flexibility index (Phi) is 9.23. The van der Waals surface area contributed by atoms with Crippen molar-refractivity contribution in [2.75, 3.05) is 61.3 Å². The first-order valence-corrected chi connectivity index (χ1v) is 18.5. The minimum absolute atomic E-state index is 0.00780. The van der Waals surface area contributed by atoms with E-state index >= 15 is 0 Å². The number of hydrogen-bond donors (Lipinski definition) is 2. The first kappa shape index (κ1) is 34.8. The average molecular weight is 657 g/mol. The summed E-state index contributed by atoms with van der Waals surface area (Å²) in [4.78, 5) is 40.9. The van der Waals surface area contributed by atoms with E-state index in [0.29, 0.717) is 36.0 Å². The smallest absolute Gasteiger partial charge is 0.226 e. The Morgan fingerprint density at radius 2 is 1.69 bits per heavy atom. The Morgan fingerprint density at radius 1 is 1.00 bits per heavy atom. The van der Waals surface area contributed by atoms with Crippen LogP contribution in [0.5, 0.6) is 0 Å². The lowest BCUT2D eigenvalue weighted by Crippen LogP contribution is -2.51. The summed E-state index contributed by atoms with van der Waals surface area (Å²) < 4.78 is 0. The number of Topliss-reactive ketones (excluding diaryl/α,β-unsaturated/α-hetero) is 1. The number of piperazine rings is 1. The van der Waals surface area contributed by atoms with Crippen LogP contribution < -0.4 is 15.5 Å².